The molecule has 0 aliphatic carbocycles. The second-order valence-electron chi connectivity index (χ2n) is 4.54. The number of hydrogen-bond acceptors (Lipinski definition) is 4. The Morgan fingerprint density at radius 1 is 1.16 bits per heavy atom. The number of hydrogen-bond donors (Lipinski definition) is 0. The van der Waals surface area contributed by atoms with Crippen molar-refractivity contribution in [3.8, 4) is 5.75 Å². The van der Waals surface area contributed by atoms with E-state index in [1.54, 1.807) is 6.07 Å². The van der Waals surface area contributed by atoms with Gasteiger partial charge in [-0.2, -0.15) is 0 Å². The smallest absolute Gasteiger partial charge is 0.404 e. The van der Waals surface area contributed by atoms with Crippen molar-refractivity contribution in [1.82, 2.24) is 0 Å². The summed E-state index contributed by atoms with van der Waals surface area (Å²) in [7, 11) is -2.18. The van der Waals surface area contributed by atoms with E-state index >= 15 is 0 Å². The minimum Gasteiger partial charge on any atom is -0.404 e. The summed E-state index contributed by atoms with van der Waals surface area (Å²) in [6.45, 7) is 8.37. The lowest BCUT2D eigenvalue weighted by molar-refractivity contribution is 0.177. The first-order chi connectivity index (χ1) is 8.93. The third-order valence-corrected chi connectivity index (χ3v) is 4.56. The summed E-state index contributed by atoms with van der Waals surface area (Å²) in [4.78, 5) is 0. The van der Waals surface area contributed by atoms with Crippen molar-refractivity contribution in [2.75, 3.05) is 13.7 Å². The van der Waals surface area contributed by atoms with Gasteiger partial charge in [-0.1, -0.05) is 19.4 Å². The zero-order chi connectivity index (χ0) is 14.5. The molecule has 0 heterocycles. The summed E-state index contributed by atoms with van der Waals surface area (Å²) in [5.41, 5.74) is 3.24. The zero-order valence-electron chi connectivity index (χ0n) is 12.4. The molecule has 0 saturated carbocycles. The Morgan fingerprint density at radius 3 is 2.42 bits per heavy atom. The number of benzene rings is 1. The molecule has 108 valence electrons. The predicted molar refractivity (Wildman–Crippen MR) is 76.8 cm³/mol. The predicted octanol–water partition coefficient (Wildman–Crippen LogP) is 4.56. The first-order valence-electron chi connectivity index (χ1n) is 6.50. The maximum absolute atomic E-state index is 12.3. The molecule has 0 amide bonds. The van der Waals surface area contributed by atoms with Gasteiger partial charge in [0.1, 0.15) is 5.75 Å². The number of phosphoric ester groups is 1. The molecule has 1 aromatic carbocycles. The first-order valence-corrected chi connectivity index (χ1v) is 7.96. The average molecular weight is 286 g/mol. The molecule has 5 heteroatoms. The molecule has 0 spiro atoms. The molecule has 1 atom stereocenters. The molecule has 0 radical (unpaired) electrons. The van der Waals surface area contributed by atoms with Gasteiger partial charge < -0.3 is 4.52 Å². The van der Waals surface area contributed by atoms with Crippen molar-refractivity contribution >= 4 is 7.82 Å². The molecular formula is C14H23O4P. The first kappa shape index (κ1) is 16.2. The SMILES string of the molecule is CCCCOP(=O)(OC)Oc1ccc(C)c(C)c1C. The Balaban J connectivity index is 2.86. The Morgan fingerprint density at radius 2 is 1.84 bits per heavy atom. The Labute approximate surface area is 115 Å². The highest BCUT2D eigenvalue weighted by molar-refractivity contribution is 7.48. The van der Waals surface area contributed by atoms with Gasteiger partial charge in [0.2, 0.25) is 0 Å². The summed E-state index contributed by atoms with van der Waals surface area (Å²) in [5.74, 6) is 0.546. The highest BCUT2D eigenvalue weighted by Crippen LogP contribution is 2.49. The van der Waals surface area contributed by atoms with Gasteiger partial charge in [0.15, 0.2) is 0 Å². The monoisotopic (exact) mass is 286 g/mol. The fraction of sp³-hybridized carbons (Fsp3) is 0.571. The molecule has 1 rings (SSSR count). The lowest BCUT2D eigenvalue weighted by atomic mass is 10.0. The maximum atomic E-state index is 12.3. The lowest BCUT2D eigenvalue weighted by Crippen LogP contribution is -2.03. The van der Waals surface area contributed by atoms with Crippen LogP contribution in [0.2, 0.25) is 0 Å². The standard InChI is InChI=1S/C14H23O4P/c1-6-7-10-17-19(15,16-5)18-14-9-8-11(2)12(3)13(14)4/h8-9H,6-7,10H2,1-5H3. The van der Waals surface area contributed by atoms with Crippen LogP contribution in [0, 0.1) is 20.8 Å². The van der Waals surface area contributed by atoms with Crippen molar-refractivity contribution < 1.29 is 18.1 Å². The van der Waals surface area contributed by atoms with E-state index in [4.69, 9.17) is 13.6 Å². The molecule has 0 N–H and O–H groups in total. The van der Waals surface area contributed by atoms with Crippen LogP contribution in [-0.4, -0.2) is 13.7 Å². The molecule has 0 aliphatic rings. The molecule has 4 nitrogen and oxygen atoms in total. The molecule has 19 heavy (non-hydrogen) atoms. The van der Waals surface area contributed by atoms with Gasteiger partial charge in [-0.3, -0.25) is 9.05 Å². The molecular weight excluding hydrogens is 263 g/mol. The summed E-state index contributed by atoms with van der Waals surface area (Å²) < 4.78 is 28.0. The fourth-order valence-electron chi connectivity index (χ4n) is 1.59. The summed E-state index contributed by atoms with van der Waals surface area (Å²) in [6, 6.07) is 3.73. The number of aryl methyl sites for hydroxylation is 1. The third kappa shape index (κ3) is 4.34. The van der Waals surface area contributed by atoms with Gasteiger partial charge in [0, 0.05) is 7.11 Å². The highest BCUT2D eigenvalue weighted by Gasteiger charge is 2.27. The van der Waals surface area contributed by atoms with Gasteiger partial charge >= 0.3 is 7.82 Å². The second kappa shape index (κ2) is 7.09. The summed E-state index contributed by atoms with van der Waals surface area (Å²) in [6.07, 6.45) is 1.79. The third-order valence-electron chi connectivity index (χ3n) is 3.19. The quantitative estimate of drug-likeness (QED) is 0.544. The van der Waals surface area contributed by atoms with Crippen LogP contribution in [-0.2, 0) is 13.6 Å². The Hall–Kier alpha value is -0.830. The van der Waals surface area contributed by atoms with Gasteiger partial charge in [0.25, 0.3) is 0 Å². The van der Waals surface area contributed by atoms with Crippen LogP contribution >= 0.6 is 7.82 Å². The van der Waals surface area contributed by atoms with Crippen LogP contribution in [0.25, 0.3) is 0 Å². The van der Waals surface area contributed by atoms with Gasteiger partial charge in [-0.25, -0.2) is 4.57 Å². The molecule has 0 aromatic heterocycles. The molecule has 1 aromatic rings. The number of rotatable bonds is 7. The van der Waals surface area contributed by atoms with Gasteiger partial charge in [-0.15, -0.1) is 0 Å². The average Bonchev–Trinajstić information content (AvgIpc) is 2.40. The van der Waals surface area contributed by atoms with E-state index in [2.05, 4.69) is 0 Å². The van der Waals surface area contributed by atoms with E-state index in [-0.39, 0.29) is 0 Å². The number of unbranched alkanes of at least 4 members (excludes halogenated alkanes) is 1. The Bertz CT molecular complexity index is 471. The number of phosphoric acid groups is 1. The van der Waals surface area contributed by atoms with Crippen LogP contribution in [0.15, 0.2) is 12.1 Å². The molecule has 1 unspecified atom stereocenters. The summed E-state index contributed by atoms with van der Waals surface area (Å²) >= 11 is 0. The van der Waals surface area contributed by atoms with Crippen molar-refractivity contribution in [2.45, 2.75) is 40.5 Å². The van der Waals surface area contributed by atoms with Crippen molar-refractivity contribution in [3.05, 3.63) is 28.8 Å². The van der Waals surface area contributed by atoms with Crippen LogP contribution < -0.4 is 4.52 Å². The van der Waals surface area contributed by atoms with E-state index in [9.17, 15) is 4.57 Å². The maximum Gasteiger partial charge on any atom is 0.529 e. The van der Waals surface area contributed by atoms with Crippen LogP contribution in [0.1, 0.15) is 36.5 Å². The van der Waals surface area contributed by atoms with E-state index in [0.717, 1.165) is 24.0 Å². The Kier molecular flexibility index (Phi) is 6.05. The van der Waals surface area contributed by atoms with Crippen molar-refractivity contribution in [2.24, 2.45) is 0 Å². The molecule has 0 fully saturated rings. The van der Waals surface area contributed by atoms with Crippen molar-refractivity contribution in [1.29, 1.82) is 0 Å². The normalized spacial score (nSPS) is 14.2. The van der Waals surface area contributed by atoms with Gasteiger partial charge in [-0.05, 0) is 49.9 Å². The van der Waals surface area contributed by atoms with Crippen LogP contribution in [0.3, 0.4) is 0 Å². The van der Waals surface area contributed by atoms with E-state index in [1.165, 1.54) is 12.7 Å². The van der Waals surface area contributed by atoms with Crippen molar-refractivity contribution in [3.63, 3.8) is 0 Å². The topological polar surface area (TPSA) is 44.8 Å². The molecule has 0 bridgehead atoms. The zero-order valence-corrected chi connectivity index (χ0v) is 13.3. The summed E-state index contributed by atoms with van der Waals surface area (Å²) in [5, 5.41) is 0. The molecule has 0 aliphatic heterocycles. The minimum absolute atomic E-state index is 0.367. The van der Waals surface area contributed by atoms with Gasteiger partial charge in [0.05, 0.1) is 6.61 Å². The fourth-order valence-corrected chi connectivity index (χ4v) is 2.61. The van der Waals surface area contributed by atoms with E-state index < -0.39 is 7.82 Å². The molecule has 0 saturated heterocycles. The highest BCUT2D eigenvalue weighted by atomic mass is 31.2. The van der Waals surface area contributed by atoms with Crippen LogP contribution in [0.5, 0.6) is 5.75 Å². The largest absolute Gasteiger partial charge is 0.529 e. The van der Waals surface area contributed by atoms with Crippen LogP contribution in [0.4, 0.5) is 0 Å². The second-order valence-corrected chi connectivity index (χ2v) is 6.24. The van der Waals surface area contributed by atoms with E-state index in [1.807, 2.05) is 33.8 Å². The van der Waals surface area contributed by atoms with E-state index in [0.29, 0.717) is 12.4 Å². The lowest BCUT2D eigenvalue weighted by Gasteiger charge is -2.19. The minimum atomic E-state index is -3.51.